The molecule has 1 atom stereocenters. The van der Waals surface area contributed by atoms with E-state index in [0.717, 1.165) is 11.3 Å². The number of carbonyl (C=O) groups excluding carboxylic acids is 1. The molecule has 2 aliphatic heterocycles. The summed E-state index contributed by atoms with van der Waals surface area (Å²) in [5.41, 5.74) is 0.921. The van der Waals surface area contributed by atoms with Crippen molar-refractivity contribution in [1.29, 1.82) is 0 Å². The van der Waals surface area contributed by atoms with Crippen LogP contribution >= 0.6 is 23.2 Å². The number of ether oxygens (including phenoxy) is 1. The van der Waals surface area contributed by atoms with E-state index in [1.165, 1.54) is 16.4 Å². The Balaban J connectivity index is 1.40. The predicted molar refractivity (Wildman–Crippen MR) is 111 cm³/mol. The van der Waals surface area contributed by atoms with Gasteiger partial charge in [-0.1, -0.05) is 29.3 Å². The molecular weight excluding hydrogens is 435 g/mol. The number of hydrogen-bond donors (Lipinski definition) is 0. The second-order valence-electron chi connectivity index (χ2n) is 7.15. The zero-order valence-corrected chi connectivity index (χ0v) is 17.9. The lowest BCUT2D eigenvalue weighted by Gasteiger charge is -2.36. The van der Waals surface area contributed by atoms with Crippen molar-refractivity contribution in [2.45, 2.75) is 11.3 Å². The first kappa shape index (κ1) is 20.5. The number of piperazine rings is 1. The Hall–Kier alpha value is -1.80. The summed E-state index contributed by atoms with van der Waals surface area (Å²) >= 11 is 12.0. The average molecular weight is 455 g/mol. The van der Waals surface area contributed by atoms with E-state index in [2.05, 4.69) is 0 Å². The molecule has 4 rings (SSSR count). The minimum Gasteiger partial charge on any atom is -0.492 e. The second kappa shape index (κ2) is 8.14. The quantitative estimate of drug-likeness (QED) is 0.714. The number of sulfonamides is 1. The molecule has 1 saturated heterocycles. The van der Waals surface area contributed by atoms with Crippen LogP contribution in [0.3, 0.4) is 0 Å². The molecule has 2 aromatic rings. The monoisotopic (exact) mass is 454 g/mol. The van der Waals surface area contributed by atoms with Gasteiger partial charge in [-0.25, -0.2) is 8.42 Å². The topological polar surface area (TPSA) is 66.9 Å². The molecule has 0 saturated carbocycles. The van der Waals surface area contributed by atoms with Crippen LogP contribution in [-0.2, 0) is 21.2 Å². The van der Waals surface area contributed by atoms with Crippen molar-refractivity contribution >= 4 is 39.1 Å². The molecule has 0 spiro atoms. The Morgan fingerprint density at radius 3 is 2.45 bits per heavy atom. The van der Waals surface area contributed by atoms with Gasteiger partial charge in [0.15, 0.2) is 0 Å². The zero-order chi connectivity index (χ0) is 20.6. The summed E-state index contributed by atoms with van der Waals surface area (Å²) in [5.74, 6) is 0.448. The van der Waals surface area contributed by atoms with Gasteiger partial charge in [0.25, 0.3) is 0 Å². The first-order valence-electron chi connectivity index (χ1n) is 9.30. The third-order valence-electron chi connectivity index (χ3n) is 5.26. The van der Waals surface area contributed by atoms with Gasteiger partial charge in [0.2, 0.25) is 15.9 Å². The number of halogens is 2. The number of fused-ring (bicyclic) bond motifs is 1. The molecule has 6 nitrogen and oxygen atoms in total. The normalized spacial score (nSPS) is 20.1. The van der Waals surface area contributed by atoms with E-state index in [9.17, 15) is 13.2 Å². The maximum atomic E-state index is 12.9. The molecule has 0 aliphatic carbocycles. The maximum Gasteiger partial charge on any atom is 0.243 e. The largest absolute Gasteiger partial charge is 0.492 e. The van der Waals surface area contributed by atoms with Crippen molar-refractivity contribution in [1.82, 2.24) is 9.21 Å². The minimum atomic E-state index is -3.63. The Morgan fingerprint density at radius 1 is 1.00 bits per heavy atom. The molecule has 2 aromatic carbocycles. The van der Waals surface area contributed by atoms with Gasteiger partial charge in [0.05, 0.1) is 10.8 Å². The third-order valence-corrected chi connectivity index (χ3v) is 7.63. The summed E-state index contributed by atoms with van der Waals surface area (Å²) in [5, 5.41) is 0.984. The smallest absolute Gasteiger partial charge is 0.243 e. The Kier molecular flexibility index (Phi) is 5.75. The Bertz CT molecular complexity index is 1040. The van der Waals surface area contributed by atoms with Gasteiger partial charge in [-0.2, -0.15) is 4.31 Å². The van der Waals surface area contributed by atoms with E-state index in [-0.39, 0.29) is 29.8 Å². The second-order valence-corrected chi connectivity index (χ2v) is 9.96. The van der Waals surface area contributed by atoms with Gasteiger partial charge in [-0.3, -0.25) is 4.79 Å². The van der Waals surface area contributed by atoms with Crippen LogP contribution in [0.2, 0.25) is 10.0 Å². The molecular formula is C20H20Cl2N2O4S. The zero-order valence-electron chi connectivity index (χ0n) is 15.6. The van der Waals surface area contributed by atoms with E-state index < -0.39 is 10.0 Å². The molecule has 2 heterocycles. The summed E-state index contributed by atoms with van der Waals surface area (Å²) in [6.07, 6.45) is 0.565. The highest BCUT2D eigenvalue weighted by atomic mass is 35.5. The molecule has 1 fully saturated rings. The summed E-state index contributed by atoms with van der Waals surface area (Å²) in [4.78, 5) is 14.8. The van der Waals surface area contributed by atoms with Gasteiger partial charge in [-0.05, 0) is 48.4 Å². The van der Waals surface area contributed by atoms with Crippen molar-refractivity contribution in [3.63, 3.8) is 0 Å². The van der Waals surface area contributed by atoms with Crippen molar-refractivity contribution < 1.29 is 17.9 Å². The number of amides is 1. The molecule has 154 valence electrons. The lowest BCUT2D eigenvalue weighted by atomic mass is 9.95. The van der Waals surface area contributed by atoms with Crippen LogP contribution in [0.5, 0.6) is 5.75 Å². The van der Waals surface area contributed by atoms with E-state index >= 15 is 0 Å². The first-order chi connectivity index (χ1) is 13.8. The van der Waals surface area contributed by atoms with Gasteiger partial charge in [0, 0.05) is 36.2 Å². The molecule has 9 heteroatoms. The SMILES string of the molecule is O=C([C@H]1COc2ccc(Cl)cc2C1)N1CCN(S(=O)(=O)c2cccc(Cl)c2)CC1. The number of rotatable bonds is 3. The molecule has 29 heavy (non-hydrogen) atoms. The van der Waals surface area contributed by atoms with Crippen molar-refractivity contribution in [2.75, 3.05) is 32.8 Å². The fourth-order valence-corrected chi connectivity index (χ4v) is 5.62. The molecule has 0 bridgehead atoms. The number of benzene rings is 2. The number of hydrogen-bond acceptors (Lipinski definition) is 4. The van der Waals surface area contributed by atoms with Crippen molar-refractivity contribution in [3.8, 4) is 5.75 Å². The Morgan fingerprint density at radius 2 is 1.72 bits per heavy atom. The summed E-state index contributed by atoms with van der Waals surface area (Å²) < 4.78 is 32.8. The summed E-state index contributed by atoms with van der Waals surface area (Å²) in [6, 6.07) is 11.6. The van der Waals surface area contributed by atoms with Gasteiger partial charge >= 0.3 is 0 Å². The van der Waals surface area contributed by atoms with E-state index in [4.69, 9.17) is 27.9 Å². The Labute approximate surface area is 180 Å². The molecule has 0 N–H and O–H groups in total. The lowest BCUT2D eigenvalue weighted by molar-refractivity contribution is -0.138. The van der Waals surface area contributed by atoms with Crippen LogP contribution < -0.4 is 4.74 Å². The lowest BCUT2D eigenvalue weighted by Crippen LogP contribution is -2.52. The fourth-order valence-electron chi connectivity index (χ4n) is 3.71. The third kappa shape index (κ3) is 4.23. The van der Waals surface area contributed by atoms with Crippen molar-refractivity contribution in [3.05, 3.63) is 58.1 Å². The van der Waals surface area contributed by atoms with Crippen LogP contribution in [0.25, 0.3) is 0 Å². The van der Waals surface area contributed by atoms with Gasteiger partial charge < -0.3 is 9.64 Å². The number of carbonyl (C=O) groups is 1. The van der Waals surface area contributed by atoms with Gasteiger partial charge in [-0.15, -0.1) is 0 Å². The fraction of sp³-hybridized carbons (Fsp3) is 0.350. The van der Waals surface area contributed by atoms with Crippen LogP contribution in [0.15, 0.2) is 47.4 Å². The van der Waals surface area contributed by atoms with Crippen LogP contribution in [-0.4, -0.2) is 56.3 Å². The van der Waals surface area contributed by atoms with Crippen LogP contribution in [0.1, 0.15) is 5.56 Å². The number of nitrogens with zero attached hydrogens (tertiary/aromatic N) is 2. The predicted octanol–water partition coefficient (Wildman–Crippen LogP) is 3.08. The maximum absolute atomic E-state index is 12.9. The molecule has 0 aromatic heterocycles. The van der Waals surface area contributed by atoms with E-state index in [1.54, 1.807) is 23.1 Å². The van der Waals surface area contributed by atoms with Crippen LogP contribution in [0.4, 0.5) is 0 Å². The molecule has 2 aliphatic rings. The van der Waals surface area contributed by atoms with Gasteiger partial charge in [0.1, 0.15) is 12.4 Å². The molecule has 0 radical (unpaired) electrons. The highest BCUT2D eigenvalue weighted by Crippen LogP contribution is 2.31. The van der Waals surface area contributed by atoms with E-state index in [1.807, 2.05) is 12.1 Å². The van der Waals surface area contributed by atoms with Crippen LogP contribution in [0, 0.1) is 5.92 Å². The summed E-state index contributed by atoms with van der Waals surface area (Å²) in [6.45, 7) is 1.50. The standard InChI is InChI=1S/C20H20Cl2N2O4S/c21-16-2-1-3-18(12-16)29(26,27)24-8-6-23(7-9-24)20(25)15-10-14-11-17(22)4-5-19(14)28-13-15/h1-5,11-12,15H,6-10,13H2/t15-/m1/s1. The minimum absolute atomic E-state index is 0.0181. The highest BCUT2D eigenvalue weighted by molar-refractivity contribution is 7.89. The molecule has 0 unspecified atom stereocenters. The summed E-state index contributed by atoms with van der Waals surface area (Å²) in [7, 11) is -3.63. The molecule has 1 amide bonds. The van der Waals surface area contributed by atoms with Crippen molar-refractivity contribution in [2.24, 2.45) is 5.92 Å². The van der Waals surface area contributed by atoms with E-state index in [0.29, 0.717) is 36.2 Å². The average Bonchev–Trinajstić information content (AvgIpc) is 2.72. The first-order valence-corrected chi connectivity index (χ1v) is 11.5. The highest BCUT2D eigenvalue weighted by Gasteiger charge is 2.34.